The normalized spacial score (nSPS) is 11.5. The molecule has 1 amide bonds. The van der Waals surface area contributed by atoms with E-state index < -0.39 is 23.8 Å². The molecule has 2 heterocycles. The molecule has 1 aromatic carbocycles. The minimum Gasteiger partial charge on any atom is -0.342 e. The first kappa shape index (κ1) is 19.4. The third-order valence-electron chi connectivity index (χ3n) is 3.96. The summed E-state index contributed by atoms with van der Waals surface area (Å²) in [5.41, 5.74) is 3.52. The Morgan fingerprint density at radius 3 is 2.68 bits per heavy atom. The lowest BCUT2D eigenvalue weighted by molar-refractivity contribution is 0.0933. The van der Waals surface area contributed by atoms with Crippen LogP contribution in [-0.4, -0.2) is 22.4 Å². The number of aromatic nitrogens is 2. The first-order chi connectivity index (χ1) is 13.5. The van der Waals surface area contributed by atoms with Gasteiger partial charge in [-0.3, -0.25) is 9.69 Å². The van der Waals surface area contributed by atoms with Gasteiger partial charge in [0.05, 0.1) is 23.8 Å². The molecule has 2 aromatic heterocycles. The van der Waals surface area contributed by atoms with Gasteiger partial charge in [-0.15, -0.1) is 11.3 Å². The van der Waals surface area contributed by atoms with E-state index in [4.69, 9.17) is 0 Å². The molecule has 6 nitrogen and oxygen atoms in total. The van der Waals surface area contributed by atoms with Gasteiger partial charge in [0.15, 0.2) is 6.19 Å². The van der Waals surface area contributed by atoms with Crippen molar-refractivity contribution >= 4 is 22.9 Å². The molecule has 0 radical (unpaired) electrons. The zero-order valence-corrected chi connectivity index (χ0v) is 15.6. The summed E-state index contributed by atoms with van der Waals surface area (Å²) in [6.07, 6.45) is 1.90. The summed E-state index contributed by atoms with van der Waals surface area (Å²) >= 11 is 1.29. The maximum Gasteiger partial charge on any atom is 0.271 e. The average Bonchev–Trinajstić information content (AvgIpc) is 3.19. The minimum absolute atomic E-state index is 0.00746. The Hall–Kier alpha value is -3.38. The molecule has 9 heteroatoms. The van der Waals surface area contributed by atoms with Crippen molar-refractivity contribution in [1.82, 2.24) is 15.3 Å². The van der Waals surface area contributed by atoms with Crippen LogP contribution in [-0.2, 0) is 0 Å². The van der Waals surface area contributed by atoms with Crippen molar-refractivity contribution in [3.63, 3.8) is 0 Å². The zero-order chi connectivity index (χ0) is 20.1. The van der Waals surface area contributed by atoms with E-state index >= 15 is 0 Å². The molecule has 0 saturated carbocycles. The Balaban J connectivity index is 1.91. The van der Waals surface area contributed by atoms with Crippen LogP contribution in [0.15, 0.2) is 47.3 Å². The smallest absolute Gasteiger partial charge is 0.271 e. The lowest BCUT2D eigenvalue weighted by Gasteiger charge is -2.24. The molecule has 0 spiro atoms. The van der Waals surface area contributed by atoms with Crippen LogP contribution >= 0.6 is 11.3 Å². The summed E-state index contributed by atoms with van der Waals surface area (Å²) in [6, 6.07) is 8.71. The standard InChI is InChI=1S/C19H15F2N5OS/c1-12-3-2-4-13(5-12)15(24-19(27)16-9-28-11-23-16)8-26(10-22)14-6-17(20)25-18(21)7-14/h2-7,9,11,15H,8H2,1H3,(H,24,27). The lowest BCUT2D eigenvalue weighted by atomic mass is 10.0. The van der Waals surface area contributed by atoms with Crippen LogP contribution in [0, 0.1) is 30.3 Å². The topological polar surface area (TPSA) is 81.9 Å². The number of halogens is 2. The SMILES string of the molecule is Cc1cccc(C(CN(C#N)c2cc(F)nc(F)c2)NC(=O)c2cscn2)c1. The Morgan fingerprint density at radius 1 is 1.32 bits per heavy atom. The summed E-state index contributed by atoms with van der Waals surface area (Å²) in [7, 11) is 0. The van der Waals surface area contributed by atoms with E-state index in [2.05, 4.69) is 15.3 Å². The van der Waals surface area contributed by atoms with Gasteiger partial charge < -0.3 is 5.32 Å². The van der Waals surface area contributed by atoms with Gasteiger partial charge in [-0.1, -0.05) is 29.8 Å². The molecule has 142 valence electrons. The number of carbonyl (C=O) groups excluding carboxylic acids is 1. The molecule has 1 N–H and O–H groups in total. The Morgan fingerprint density at radius 2 is 2.07 bits per heavy atom. The zero-order valence-electron chi connectivity index (χ0n) is 14.8. The van der Waals surface area contributed by atoms with Crippen molar-refractivity contribution in [2.75, 3.05) is 11.4 Å². The number of hydrogen-bond donors (Lipinski definition) is 1. The Bertz CT molecular complexity index is 999. The molecule has 1 atom stereocenters. The van der Waals surface area contributed by atoms with Crippen molar-refractivity contribution < 1.29 is 13.6 Å². The first-order valence-corrected chi connectivity index (χ1v) is 9.16. The van der Waals surface area contributed by atoms with Gasteiger partial charge in [-0.05, 0) is 12.5 Å². The minimum atomic E-state index is -1.03. The summed E-state index contributed by atoms with van der Waals surface area (Å²) in [4.78, 5) is 20.6. The predicted octanol–water partition coefficient (Wildman–Crippen LogP) is 3.58. The van der Waals surface area contributed by atoms with E-state index in [0.717, 1.165) is 28.2 Å². The summed E-state index contributed by atoms with van der Waals surface area (Å²) in [5.74, 6) is -2.47. The number of aryl methyl sites for hydroxylation is 1. The molecule has 0 aliphatic heterocycles. The van der Waals surface area contributed by atoms with Gasteiger partial charge in [0.1, 0.15) is 5.69 Å². The highest BCUT2D eigenvalue weighted by atomic mass is 32.1. The van der Waals surface area contributed by atoms with Gasteiger partial charge in [0.25, 0.3) is 5.91 Å². The monoisotopic (exact) mass is 399 g/mol. The molecule has 3 aromatic rings. The molecular weight excluding hydrogens is 384 g/mol. The Kier molecular flexibility index (Phi) is 5.91. The summed E-state index contributed by atoms with van der Waals surface area (Å²) in [5, 5.41) is 14.0. The molecule has 1 unspecified atom stereocenters. The molecular formula is C19H15F2N5OS. The van der Waals surface area contributed by atoms with Crippen LogP contribution < -0.4 is 10.2 Å². The third-order valence-corrected chi connectivity index (χ3v) is 4.55. The van der Waals surface area contributed by atoms with Gasteiger partial charge in [-0.2, -0.15) is 19.0 Å². The number of carbonyl (C=O) groups is 1. The van der Waals surface area contributed by atoms with Crippen molar-refractivity contribution in [3.05, 3.63) is 76.0 Å². The van der Waals surface area contributed by atoms with Gasteiger partial charge in [0.2, 0.25) is 11.9 Å². The number of benzene rings is 1. The molecule has 0 bridgehead atoms. The fourth-order valence-corrected chi connectivity index (χ4v) is 3.20. The van der Waals surface area contributed by atoms with Crippen molar-refractivity contribution in [2.24, 2.45) is 0 Å². The van der Waals surface area contributed by atoms with Crippen LogP contribution in [0.25, 0.3) is 0 Å². The van der Waals surface area contributed by atoms with Crippen molar-refractivity contribution in [2.45, 2.75) is 13.0 Å². The number of rotatable bonds is 6. The largest absolute Gasteiger partial charge is 0.342 e. The maximum absolute atomic E-state index is 13.5. The molecule has 0 saturated heterocycles. The average molecular weight is 399 g/mol. The second-order valence-electron chi connectivity index (χ2n) is 6.00. The van der Waals surface area contributed by atoms with Gasteiger partial charge in [0, 0.05) is 17.5 Å². The summed E-state index contributed by atoms with van der Waals surface area (Å²) in [6.45, 7) is 1.87. The first-order valence-electron chi connectivity index (χ1n) is 8.22. The lowest BCUT2D eigenvalue weighted by Crippen LogP contribution is -2.36. The highest BCUT2D eigenvalue weighted by Gasteiger charge is 2.21. The van der Waals surface area contributed by atoms with Crippen molar-refractivity contribution in [1.29, 1.82) is 5.26 Å². The van der Waals surface area contributed by atoms with E-state index in [9.17, 15) is 18.8 Å². The highest BCUT2D eigenvalue weighted by molar-refractivity contribution is 7.07. The number of amides is 1. The fourth-order valence-electron chi connectivity index (χ4n) is 2.67. The van der Waals surface area contributed by atoms with E-state index in [1.165, 1.54) is 11.3 Å². The van der Waals surface area contributed by atoms with Gasteiger partial charge in [-0.25, -0.2) is 4.98 Å². The number of hydrogen-bond acceptors (Lipinski definition) is 6. The van der Waals surface area contributed by atoms with Crippen LogP contribution in [0.5, 0.6) is 0 Å². The maximum atomic E-state index is 13.5. The van der Waals surface area contributed by atoms with Crippen LogP contribution in [0.1, 0.15) is 27.7 Å². The number of pyridine rings is 1. The van der Waals surface area contributed by atoms with E-state index in [1.807, 2.05) is 37.4 Å². The van der Waals surface area contributed by atoms with Crippen LogP contribution in [0.4, 0.5) is 14.5 Å². The van der Waals surface area contributed by atoms with Crippen molar-refractivity contribution in [3.8, 4) is 6.19 Å². The van der Waals surface area contributed by atoms with Crippen LogP contribution in [0.2, 0.25) is 0 Å². The number of nitrogens with zero attached hydrogens (tertiary/aromatic N) is 4. The number of anilines is 1. The number of nitrogens with one attached hydrogen (secondary N) is 1. The molecule has 3 rings (SSSR count). The van der Waals surface area contributed by atoms with Crippen LogP contribution in [0.3, 0.4) is 0 Å². The number of thiazole rings is 1. The second kappa shape index (κ2) is 8.54. The van der Waals surface area contributed by atoms with E-state index in [0.29, 0.717) is 0 Å². The molecule has 0 fully saturated rings. The quantitative estimate of drug-likeness (QED) is 0.389. The highest BCUT2D eigenvalue weighted by Crippen LogP contribution is 2.22. The number of nitriles is 1. The summed E-state index contributed by atoms with van der Waals surface area (Å²) < 4.78 is 26.9. The third kappa shape index (κ3) is 4.66. The Labute approximate surface area is 164 Å². The fraction of sp³-hybridized carbons (Fsp3) is 0.158. The second-order valence-corrected chi connectivity index (χ2v) is 6.71. The molecule has 28 heavy (non-hydrogen) atoms. The van der Waals surface area contributed by atoms with E-state index in [1.54, 1.807) is 10.9 Å². The molecule has 0 aliphatic carbocycles. The van der Waals surface area contributed by atoms with Gasteiger partial charge >= 0.3 is 0 Å². The van der Waals surface area contributed by atoms with E-state index in [-0.39, 0.29) is 17.9 Å². The predicted molar refractivity (Wildman–Crippen MR) is 101 cm³/mol. The molecule has 0 aliphatic rings.